The Kier molecular flexibility index (Phi) is 9.48. The number of amides is 1. The lowest BCUT2D eigenvalue weighted by atomic mass is 10.2. The number of aryl methyl sites for hydroxylation is 1. The van der Waals surface area contributed by atoms with Crippen molar-refractivity contribution >= 4 is 47.0 Å². The van der Waals surface area contributed by atoms with Gasteiger partial charge in [-0.2, -0.15) is 8.42 Å². The maximum atomic E-state index is 13.6. The molecule has 1 aliphatic rings. The summed E-state index contributed by atoms with van der Waals surface area (Å²) in [7, 11) is -3.37. The van der Waals surface area contributed by atoms with E-state index in [1.165, 1.54) is 21.7 Å². The molecule has 38 heavy (non-hydrogen) atoms. The van der Waals surface area contributed by atoms with Gasteiger partial charge in [-0.1, -0.05) is 19.6 Å². The lowest BCUT2D eigenvalue weighted by Crippen LogP contribution is -2.39. The molecule has 0 aliphatic carbocycles. The molecular weight excluding hydrogens is 543 g/mol. The third kappa shape index (κ3) is 7.90. The van der Waals surface area contributed by atoms with Gasteiger partial charge in [-0.25, -0.2) is 19.1 Å². The van der Waals surface area contributed by atoms with Crippen molar-refractivity contribution in [2.24, 2.45) is 0 Å². The first-order valence-corrected chi connectivity index (χ1v) is 18.8. The van der Waals surface area contributed by atoms with Crippen LogP contribution in [0.1, 0.15) is 32.9 Å². The van der Waals surface area contributed by atoms with Gasteiger partial charge in [-0.3, -0.25) is 0 Å². The normalized spacial score (nSPS) is 16.5. The maximum Gasteiger partial charge on any atom is 0.410 e. The first kappa shape index (κ1) is 30.3. The Hall–Kier alpha value is -2.22. The van der Waals surface area contributed by atoms with Crippen LogP contribution in [-0.2, 0) is 19.5 Å². The van der Waals surface area contributed by atoms with E-state index in [-0.39, 0.29) is 23.9 Å². The number of carbonyl (C=O) groups excluding carboxylic acids is 1. The number of likely N-dealkylation sites (N-methyl/N-ethyl adjacent to an activating group) is 1. The molecule has 212 valence electrons. The van der Waals surface area contributed by atoms with E-state index in [9.17, 15) is 13.2 Å². The summed E-state index contributed by atoms with van der Waals surface area (Å²) in [5, 5.41) is 1.63. The number of sulfonamides is 1. The molecule has 0 N–H and O–H groups in total. The van der Waals surface area contributed by atoms with E-state index in [2.05, 4.69) is 34.5 Å². The average molecular weight is 584 g/mol. The Balaban J connectivity index is 1.74. The fourth-order valence-electron chi connectivity index (χ4n) is 4.02. The Morgan fingerprint density at radius 1 is 1.26 bits per heavy atom. The quantitative estimate of drug-likeness (QED) is 0.223. The van der Waals surface area contributed by atoms with Crippen LogP contribution in [-0.4, -0.2) is 82.6 Å². The minimum Gasteiger partial charge on any atom is -0.444 e. The van der Waals surface area contributed by atoms with Crippen LogP contribution in [0.3, 0.4) is 0 Å². The van der Waals surface area contributed by atoms with Crippen molar-refractivity contribution in [3.05, 3.63) is 28.7 Å². The van der Waals surface area contributed by atoms with Gasteiger partial charge in [0.25, 0.3) is 10.0 Å². The van der Waals surface area contributed by atoms with Crippen molar-refractivity contribution in [2.45, 2.75) is 76.5 Å². The number of hydrogen-bond acceptors (Lipinski definition) is 9. The molecule has 3 heterocycles. The summed E-state index contributed by atoms with van der Waals surface area (Å²) in [4.78, 5) is 25.0. The molecule has 1 atom stereocenters. The second-order valence-electron chi connectivity index (χ2n) is 11.8. The van der Waals surface area contributed by atoms with Gasteiger partial charge < -0.3 is 19.3 Å². The van der Waals surface area contributed by atoms with Crippen LogP contribution in [0.5, 0.6) is 0 Å². The second-order valence-corrected chi connectivity index (χ2v) is 19.9. The smallest absolute Gasteiger partial charge is 0.410 e. The zero-order valence-electron chi connectivity index (χ0n) is 23.7. The molecule has 0 unspecified atom stereocenters. The number of ether oxygens (including phenoxy) is 2. The van der Waals surface area contributed by atoms with Gasteiger partial charge in [0.1, 0.15) is 12.3 Å². The van der Waals surface area contributed by atoms with E-state index in [0.717, 1.165) is 18.2 Å². The van der Waals surface area contributed by atoms with Crippen molar-refractivity contribution in [1.29, 1.82) is 0 Å². The largest absolute Gasteiger partial charge is 0.444 e. The number of pyridine rings is 1. The molecule has 1 aliphatic heterocycles. The number of carbonyl (C=O) groups is 1. The SMILES string of the molecule is Cc1nc(S(=O)(=O)N(COCC[Si](C)(C)C)c2cscn2)ccc1N(C)[C@H]1CCN(C(=O)OC(C)(C)C)C1. The molecule has 0 bridgehead atoms. The molecule has 0 radical (unpaired) electrons. The van der Waals surface area contributed by atoms with E-state index in [1.807, 2.05) is 27.8 Å². The van der Waals surface area contributed by atoms with Crippen molar-refractivity contribution in [2.75, 3.05) is 42.7 Å². The molecular formula is C25H41N5O5S2Si. The predicted octanol–water partition coefficient (Wildman–Crippen LogP) is 4.80. The Morgan fingerprint density at radius 2 is 1.97 bits per heavy atom. The lowest BCUT2D eigenvalue weighted by Gasteiger charge is -2.29. The van der Waals surface area contributed by atoms with E-state index >= 15 is 0 Å². The summed E-state index contributed by atoms with van der Waals surface area (Å²) < 4.78 is 39.7. The molecule has 1 saturated heterocycles. The minimum atomic E-state index is -4.00. The maximum absolute atomic E-state index is 13.6. The highest BCUT2D eigenvalue weighted by molar-refractivity contribution is 7.92. The highest BCUT2D eigenvalue weighted by Crippen LogP contribution is 2.28. The van der Waals surface area contributed by atoms with Crippen molar-refractivity contribution < 1.29 is 22.7 Å². The Labute approximate surface area is 232 Å². The topological polar surface area (TPSA) is 105 Å². The number of thiazole rings is 1. The van der Waals surface area contributed by atoms with Crippen molar-refractivity contribution in [3.8, 4) is 0 Å². The number of aromatic nitrogens is 2. The monoisotopic (exact) mass is 583 g/mol. The third-order valence-electron chi connectivity index (χ3n) is 6.21. The molecule has 13 heteroatoms. The van der Waals surface area contributed by atoms with Gasteiger partial charge in [0.2, 0.25) is 0 Å². The summed E-state index contributed by atoms with van der Waals surface area (Å²) in [6.45, 7) is 15.6. The molecule has 2 aromatic heterocycles. The van der Waals surface area contributed by atoms with Gasteiger partial charge in [-0.05, 0) is 52.3 Å². The summed E-state index contributed by atoms with van der Waals surface area (Å²) in [6, 6.07) is 4.30. The lowest BCUT2D eigenvalue weighted by molar-refractivity contribution is 0.0292. The number of hydrogen-bond donors (Lipinski definition) is 0. The molecule has 0 saturated carbocycles. The van der Waals surface area contributed by atoms with E-state index < -0.39 is 23.7 Å². The molecule has 0 spiro atoms. The standard InChI is InChI=1S/C25H41N5O5S2Si/c1-19-21(28(5)20-11-12-29(15-20)24(31)35-25(2,3)4)9-10-23(27-19)37(32,33)30(22-16-36-17-26-22)18-34-13-14-38(6,7)8/h9-10,16-17,20H,11-15,18H2,1-8H3/t20-/m0/s1. The summed E-state index contributed by atoms with van der Waals surface area (Å²) in [6.07, 6.45) is 0.459. The first-order chi connectivity index (χ1) is 17.6. The van der Waals surface area contributed by atoms with Crippen LogP contribution in [0.15, 0.2) is 28.0 Å². The van der Waals surface area contributed by atoms with Gasteiger partial charge in [-0.15, -0.1) is 11.3 Å². The fourth-order valence-corrected chi connectivity index (χ4v) is 6.66. The van der Waals surface area contributed by atoms with Crippen molar-refractivity contribution in [1.82, 2.24) is 14.9 Å². The highest BCUT2D eigenvalue weighted by atomic mass is 32.2. The average Bonchev–Trinajstić information content (AvgIpc) is 3.49. The van der Waals surface area contributed by atoms with Gasteiger partial charge in [0.05, 0.1) is 16.9 Å². The molecule has 10 nitrogen and oxygen atoms in total. The zero-order valence-corrected chi connectivity index (χ0v) is 26.4. The van der Waals surface area contributed by atoms with Crippen LogP contribution in [0.25, 0.3) is 0 Å². The molecule has 0 aromatic carbocycles. The van der Waals surface area contributed by atoms with Gasteiger partial charge in [0, 0.05) is 46.2 Å². The van der Waals surface area contributed by atoms with Crippen LogP contribution in [0, 0.1) is 6.92 Å². The molecule has 3 rings (SSSR count). The molecule has 1 fully saturated rings. The van der Waals surface area contributed by atoms with Gasteiger partial charge in [0.15, 0.2) is 10.8 Å². The summed E-state index contributed by atoms with van der Waals surface area (Å²) in [5.41, 5.74) is 2.45. The Bertz CT molecular complexity index is 1200. The van der Waals surface area contributed by atoms with Crippen LogP contribution >= 0.6 is 11.3 Å². The van der Waals surface area contributed by atoms with Gasteiger partial charge >= 0.3 is 6.09 Å². The molecule has 2 aromatic rings. The van der Waals surface area contributed by atoms with E-state index in [1.54, 1.807) is 28.8 Å². The highest BCUT2D eigenvalue weighted by Gasteiger charge is 2.33. The molecule has 1 amide bonds. The second kappa shape index (κ2) is 11.9. The third-order valence-corrected chi connectivity index (χ3v) is 10.1. The number of likely N-dealkylation sites (tertiary alicyclic amines) is 1. The number of nitrogens with zero attached hydrogens (tertiary/aromatic N) is 5. The first-order valence-electron chi connectivity index (χ1n) is 12.8. The van der Waals surface area contributed by atoms with Crippen LogP contribution < -0.4 is 9.21 Å². The van der Waals surface area contributed by atoms with E-state index in [0.29, 0.717) is 31.2 Å². The number of rotatable bonds is 10. The van der Waals surface area contributed by atoms with Crippen LogP contribution in [0.2, 0.25) is 25.7 Å². The van der Waals surface area contributed by atoms with Crippen LogP contribution in [0.4, 0.5) is 16.3 Å². The van der Waals surface area contributed by atoms with E-state index in [4.69, 9.17) is 9.47 Å². The summed E-state index contributed by atoms with van der Waals surface area (Å²) in [5.74, 6) is 0.317. The summed E-state index contributed by atoms with van der Waals surface area (Å²) >= 11 is 1.32. The predicted molar refractivity (Wildman–Crippen MR) is 154 cm³/mol. The number of anilines is 2. The minimum absolute atomic E-state index is 0.0595. The zero-order chi connectivity index (χ0) is 28.3. The van der Waals surface area contributed by atoms with Crippen molar-refractivity contribution in [3.63, 3.8) is 0 Å². The Morgan fingerprint density at radius 3 is 2.55 bits per heavy atom. The fraction of sp³-hybridized carbons (Fsp3) is 0.640.